The molecule has 0 saturated heterocycles. The fourth-order valence-electron chi connectivity index (χ4n) is 0. The van der Waals surface area contributed by atoms with Crippen molar-refractivity contribution in [2.24, 2.45) is 0 Å². The maximum atomic E-state index is 4.25. The molecule has 1 aliphatic heterocycles. The third kappa shape index (κ3) is 16.2. The van der Waals surface area contributed by atoms with Gasteiger partial charge in [0.1, 0.15) is 12.5 Å². The highest BCUT2D eigenvalue weighted by molar-refractivity contribution is 8.93. The number of halogens is 1. The molecule has 0 amide bonds. The van der Waals surface area contributed by atoms with E-state index in [1.165, 1.54) is 0 Å². The van der Waals surface area contributed by atoms with Crippen LogP contribution < -0.4 is 6.15 Å². The third-order valence-corrected chi connectivity index (χ3v) is 0.136. The molecule has 0 fully saturated rings. The van der Waals surface area contributed by atoms with Gasteiger partial charge in [0.05, 0.1) is 0 Å². The van der Waals surface area contributed by atoms with Crippen molar-refractivity contribution in [2.45, 2.75) is 0 Å². The summed E-state index contributed by atoms with van der Waals surface area (Å²) in [5, 5.41) is 0. The van der Waals surface area contributed by atoms with Crippen LogP contribution in [0.25, 0.3) is 0 Å². The molecule has 1 heterocycles. The van der Waals surface area contributed by atoms with Gasteiger partial charge < -0.3 is 10.9 Å². The maximum Gasteiger partial charge on any atom is 0.125 e. The summed E-state index contributed by atoms with van der Waals surface area (Å²) in [5.74, 6) is 0. The van der Waals surface area contributed by atoms with Crippen molar-refractivity contribution >= 4 is 17.0 Å². The van der Waals surface area contributed by atoms with Gasteiger partial charge in [-0.25, -0.2) is 0 Å². The Morgan fingerprint density at radius 3 is 1.40 bits per heavy atom. The van der Waals surface area contributed by atoms with Crippen molar-refractivity contribution in [3.63, 3.8) is 0 Å². The molecule has 0 aromatic heterocycles. The molecule has 3 N–H and O–H groups in total. The van der Waals surface area contributed by atoms with Crippen molar-refractivity contribution in [1.82, 2.24) is 6.15 Å². The molecule has 0 spiro atoms. The van der Waals surface area contributed by atoms with Crippen molar-refractivity contribution in [1.29, 1.82) is 0 Å². The molecular formula is C2H6BrNO. The predicted molar refractivity (Wildman–Crippen MR) is 25.6 cm³/mol. The Morgan fingerprint density at radius 2 is 1.40 bits per heavy atom. The van der Waals surface area contributed by atoms with E-state index in [1.54, 1.807) is 12.5 Å². The van der Waals surface area contributed by atoms with E-state index in [-0.39, 0.29) is 23.1 Å². The van der Waals surface area contributed by atoms with Crippen molar-refractivity contribution in [3.8, 4) is 0 Å². The first-order valence-corrected chi connectivity index (χ1v) is 0.805. The first-order valence-electron chi connectivity index (χ1n) is 0.805. The van der Waals surface area contributed by atoms with Gasteiger partial charge in [-0.15, -0.1) is 17.0 Å². The van der Waals surface area contributed by atoms with Crippen molar-refractivity contribution < 1.29 is 4.74 Å². The van der Waals surface area contributed by atoms with Crippen molar-refractivity contribution in [2.75, 3.05) is 0 Å². The van der Waals surface area contributed by atoms with Crippen LogP contribution in [0.4, 0.5) is 0 Å². The van der Waals surface area contributed by atoms with Crippen LogP contribution in [0.2, 0.25) is 0 Å². The molecule has 0 aromatic rings. The molecule has 0 unspecified atom stereocenters. The van der Waals surface area contributed by atoms with Gasteiger partial charge in [0, 0.05) is 0 Å². The fourth-order valence-corrected chi connectivity index (χ4v) is 0. The summed E-state index contributed by atoms with van der Waals surface area (Å²) in [6.07, 6.45) is 3.25. The first-order chi connectivity index (χ1) is 1.50. The second-order valence-electron chi connectivity index (χ2n) is 0.408. The van der Waals surface area contributed by atoms with Crippen LogP contribution in [0.1, 0.15) is 0 Å². The highest BCUT2D eigenvalue weighted by atomic mass is 79.9. The zero-order valence-electron chi connectivity index (χ0n) is 2.68. The smallest absolute Gasteiger partial charge is 0.125 e. The first kappa shape index (κ1) is 8.88. The van der Waals surface area contributed by atoms with Crippen LogP contribution in [-0.2, 0) is 4.74 Å². The quantitative estimate of drug-likeness (QED) is 0.549. The van der Waals surface area contributed by atoms with Gasteiger partial charge in [-0.3, -0.25) is 0 Å². The van der Waals surface area contributed by atoms with Gasteiger partial charge in [0.25, 0.3) is 0 Å². The third-order valence-electron chi connectivity index (χ3n) is 0.136. The largest absolute Gasteiger partial charge is 0.466 e. The zero-order valence-corrected chi connectivity index (χ0v) is 4.39. The average Bonchev–Trinajstić information content (AvgIpc) is 1.46. The Bertz CT molecular complexity index is 32.6. The lowest BCUT2D eigenvalue weighted by molar-refractivity contribution is 0.541. The lowest BCUT2D eigenvalue weighted by Crippen LogP contribution is -1.09. The molecule has 0 aromatic carbocycles. The summed E-state index contributed by atoms with van der Waals surface area (Å²) >= 11 is 0. The van der Waals surface area contributed by atoms with Gasteiger partial charge in [0.2, 0.25) is 0 Å². The van der Waals surface area contributed by atoms with Crippen LogP contribution in [0.3, 0.4) is 0 Å². The van der Waals surface area contributed by atoms with Crippen LogP contribution in [0.15, 0.2) is 12.5 Å². The Kier molecular flexibility index (Phi) is 7.07. The van der Waals surface area contributed by atoms with Crippen LogP contribution in [0, 0.1) is 0 Å². The zero-order chi connectivity index (χ0) is 2.12. The topological polar surface area (TPSA) is 47.5 Å². The van der Waals surface area contributed by atoms with E-state index in [4.69, 9.17) is 0 Å². The highest BCUT2D eigenvalue weighted by Gasteiger charge is 1.74. The normalized spacial score (nSPS) is 9.60. The molecule has 0 aliphatic carbocycles. The molecule has 1 rings (SSSR count). The Balaban J connectivity index is 0. The van der Waals surface area contributed by atoms with E-state index < -0.39 is 0 Å². The minimum Gasteiger partial charge on any atom is -0.466 e. The average molecular weight is 140 g/mol. The van der Waals surface area contributed by atoms with E-state index in [1.807, 2.05) is 0 Å². The fraction of sp³-hybridized carbons (Fsp3) is 0. The maximum absolute atomic E-state index is 4.25. The van der Waals surface area contributed by atoms with E-state index in [0.717, 1.165) is 0 Å². The molecule has 32 valence electrons. The van der Waals surface area contributed by atoms with Gasteiger partial charge >= 0.3 is 0 Å². The van der Waals surface area contributed by atoms with E-state index in [9.17, 15) is 0 Å². The number of rotatable bonds is 0. The number of hydrogen-bond acceptors (Lipinski definition) is 2. The predicted octanol–water partition coefficient (Wildman–Crippen LogP) is 1.23. The lowest BCUT2D eigenvalue weighted by Gasteiger charge is -1.37. The van der Waals surface area contributed by atoms with Crippen LogP contribution in [0.5, 0.6) is 0 Å². The monoisotopic (exact) mass is 139 g/mol. The molecule has 0 bridgehead atoms. The number of ether oxygens (including phenoxy) is 1. The minimum absolute atomic E-state index is 0. The molecule has 0 saturated carbocycles. The Hall–Kier alpha value is -0.0200. The minimum atomic E-state index is 0. The molecule has 0 atom stereocenters. The van der Waals surface area contributed by atoms with Gasteiger partial charge in [-0.2, -0.15) is 0 Å². The van der Waals surface area contributed by atoms with Crippen molar-refractivity contribution in [3.05, 3.63) is 12.5 Å². The van der Waals surface area contributed by atoms with E-state index >= 15 is 0 Å². The second kappa shape index (κ2) is 3.98. The number of hydrogen-bond donors (Lipinski definition) is 1. The Labute approximate surface area is 41.2 Å². The van der Waals surface area contributed by atoms with Crippen LogP contribution >= 0.6 is 17.0 Å². The molecule has 0 radical (unpaired) electrons. The lowest BCUT2D eigenvalue weighted by atomic mass is 11.3. The van der Waals surface area contributed by atoms with Gasteiger partial charge in [-0.05, 0) is 0 Å². The summed E-state index contributed by atoms with van der Waals surface area (Å²) in [6, 6.07) is 0. The standard InChI is InChI=1S/C2H2O.BrH.H3N/c1-2-3-1;;/h1-2H;1H;1H3. The highest BCUT2D eigenvalue weighted by Crippen LogP contribution is 1.89. The summed E-state index contributed by atoms with van der Waals surface area (Å²) in [5.41, 5.74) is 0. The van der Waals surface area contributed by atoms with Gasteiger partial charge in [-0.1, -0.05) is 0 Å². The second-order valence-corrected chi connectivity index (χ2v) is 0.408. The van der Waals surface area contributed by atoms with E-state index in [2.05, 4.69) is 4.74 Å². The summed E-state index contributed by atoms with van der Waals surface area (Å²) in [7, 11) is 0. The molecule has 3 heteroatoms. The van der Waals surface area contributed by atoms with Gasteiger partial charge in [0.15, 0.2) is 0 Å². The molecule has 1 aliphatic rings. The summed E-state index contributed by atoms with van der Waals surface area (Å²) in [4.78, 5) is 0. The Morgan fingerprint density at radius 1 is 1.20 bits per heavy atom. The van der Waals surface area contributed by atoms with Crippen LogP contribution in [-0.4, -0.2) is 0 Å². The van der Waals surface area contributed by atoms with E-state index in [0.29, 0.717) is 0 Å². The summed E-state index contributed by atoms with van der Waals surface area (Å²) in [6.45, 7) is 0. The molecule has 2 nitrogen and oxygen atoms in total. The SMILES string of the molecule is Br.C1=CO1.N. The molecular weight excluding hydrogens is 134 g/mol. The summed E-state index contributed by atoms with van der Waals surface area (Å²) < 4.78 is 4.25. The molecule has 5 heavy (non-hydrogen) atoms.